The van der Waals surface area contributed by atoms with Gasteiger partial charge in [-0.2, -0.15) is 0 Å². The highest BCUT2D eigenvalue weighted by atomic mass is 28.3. The van der Waals surface area contributed by atoms with Gasteiger partial charge >= 0.3 is 5.97 Å². The van der Waals surface area contributed by atoms with Gasteiger partial charge < -0.3 is 23.9 Å². The Bertz CT molecular complexity index is 1350. The lowest BCUT2D eigenvalue weighted by molar-refractivity contribution is 0.0689. The normalized spacial score (nSPS) is 11.4. The van der Waals surface area contributed by atoms with Crippen LogP contribution in [0.25, 0.3) is 22.6 Å². The number of hydrogen-bond acceptors (Lipinski definition) is 6. The number of rotatable bonds is 12. The van der Waals surface area contributed by atoms with Crippen molar-refractivity contribution >= 4 is 14.0 Å². The number of benzene rings is 2. The van der Waals surface area contributed by atoms with Gasteiger partial charge in [0.15, 0.2) is 5.69 Å². The van der Waals surface area contributed by atoms with E-state index in [0.717, 1.165) is 39.9 Å². The molecule has 38 heavy (non-hydrogen) atoms. The predicted octanol–water partition coefficient (Wildman–Crippen LogP) is 6.21. The zero-order valence-corrected chi connectivity index (χ0v) is 23.2. The van der Waals surface area contributed by atoms with Gasteiger partial charge in [0.2, 0.25) is 0 Å². The summed E-state index contributed by atoms with van der Waals surface area (Å²) in [7, 11) is 0.427. The number of ether oxygens (including phenoxy) is 3. The molecule has 0 spiro atoms. The van der Waals surface area contributed by atoms with Crippen molar-refractivity contribution < 1.29 is 24.1 Å². The molecule has 4 rings (SSSR count). The number of aromatic carboxylic acids is 1. The van der Waals surface area contributed by atoms with Crippen LogP contribution in [0.4, 0.5) is 0 Å². The van der Waals surface area contributed by atoms with E-state index in [1.54, 1.807) is 17.9 Å². The van der Waals surface area contributed by atoms with E-state index in [2.05, 4.69) is 29.6 Å². The van der Waals surface area contributed by atoms with Crippen molar-refractivity contribution in [2.24, 2.45) is 0 Å². The second-order valence-corrected chi connectivity index (χ2v) is 15.8. The number of nitrogens with zero attached hydrogens (tertiary/aromatic N) is 3. The molecular formula is C29H33N3O5Si. The van der Waals surface area contributed by atoms with Crippen molar-refractivity contribution in [1.29, 1.82) is 0 Å². The maximum Gasteiger partial charge on any atom is 0.356 e. The van der Waals surface area contributed by atoms with Crippen LogP contribution < -0.4 is 9.47 Å². The van der Waals surface area contributed by atoms with Crippen LogP contribution in [0.5, 0.6) is 11.5 Å². The number of imidazole rings is 1. The average Bonchev–Trinajstić information content (AvgIpc) is 3.35. The summed E-state index contributed by atoms with van der Waals surface area (Å²) in [4.78, 5) is 20.4. The highest BCUT2D eigenvalue weighted by Gasteiger charge is 2.17. The van der Waals surface area contributed by atoms with Crippen molar-refractivity contribution in [1.82, 2.24) is 14.5 Å². The van der Waals surface area contributed by atoms with E-state index in [1.807, 2.05) is 60.7 Å². The van der Waals surface area contributed by atoms with Gasteiger partial charge in [0.25, 0.3) is 0 Å². The molecule has 0 aliphatic carbocycles. The molecule has 0 saturated heterocycles. The topological polar surface area (TPSA) is 95.7 Å². The number of carbonyl (C=O) groups is 1. The molecule has 0 fully saturated rings. The van der Waals surface area contributed by atoms with Crippen LogP contribution in [-0.4, -0.2) is 47.4 Å². The van der Waals surface area contributed by atoms with Gasteiger partial charge in [0, 0.05) is 38.2 Å². The summed E-state index contributed by atoms with van der Waals surface area (Å²) in [6.45, 7) is 8.20. The largest absolute Gasteiger partial charge is 0.497 e. The minimum Gasteiger partial charge on any atom is -0.497 e. The van der Waals surface area contributed by atoms with E-state index in [9.17, 15) is 9.90 Å². The van der Waals surface area contributed by atoms with Crippen LogP contribution in [0, 0.1) is 0 Å². The molecule has 0 unspecified atom stereocenters. The van der Waals surface area contributed by atoms with Crippen molar-refractivity contribution in [2.75, 3.05) is 13.7 Å². The summed E-state index contributed by atoms with van der Waals surface area (Å²) in [6, 6.07) is 20.3. The lowest BCUT2D eigenvalue weighted by atomic mass is 10.1. The standard InChI is InChI=1S/C29H33N3O5Si/c1-35-24-10-5-21(6-11-24)19-37-25-12-7-22(8-13-25)26-14-9-23(17-30-26)28-31-27(29(33)34)18-32(28)20-36-15-16-38(2,3)4/h5-14,17-18H,15-16,19-20H2,1-4H3,(H,33,34). The third-order valence-electron chi connectivity index (χ3n) is 5.96. The molecule has 0 aliphatic heterocycles. The van der Waals surface area contributed by atoms with Crippen LogP contribution >= 0.6 is 0 Å². The molecule has 9 heteroatoms. The first-order valence-electron chi connectivity index (χ1n) is 12.4. The molecule has 4 aromatic rings. The van der Waals surface area contributed by atoms with Crippen LogP contribution in [0.3, 0.4) is 0 Å². The van der Waals surface area contributed by atoms with Crippen molar-refractivity contribution in [3.63, 3.8) is 0 Å². The van der Waals surface area contributed by atoms with Crippen LogP contribution in [0.15, 0.2) is 73.1 Å². The quantitative estimate of drug-likeness (QED) is 0.171. The lowest BCUT2D eigenvalue weighted by Crippen LogP contribution is -2.22. The molecule has 2 aromatic heterocycles. The van der Waals surface area contributed by atoms with Gasteiger partial charge in [0.05, 0.1) is 12.8 Å². The third-order valence-corrected chi connectivity index (χ3v) is 7.66. The highest BCUT2D eigenvalue weighted by Crippen LogP contribution is 2.25. The van der Waals surface area contributed by atoms with E-state index < -0.39 is 14.0 Å². The second-order valence-electron chi connectivity index (χ2n) is 10.2. The molecule has 0 radical (unpaired) electrons. The zero-order valence-electron chi connectivity index (χ0n) is 22.2. The van der Waals surface area contributed by atoms with Crippen molar-refractivity contribution in [3.05, 3.63) is 84.3 Å². The maximum absolute atomic E-state index is 11.5. The fourth-order valence-electron chi connectivity index (χ4n) is 3.70. The average molecular weight is 532 g/mol. The summed E-state index contributed by atoms with van der Waals surface area (Å²) in [5.74, 6) is 1.01. The highest BCUT2D eigenvalue weighted by molar-refractivity contribution is 6.76. The van der Waals surface area contributed by atoms with Gasteiger partial charge in [-0.3, -0.25) is 4.98 Å². The lowest BCUT2D eigenvalue weighted by Gasteiger charge is -2.16. The van der Waals surface area contributed by atoms with Crippen LogP contribution in [0.1, 0.15) is 16.1 Å². The zero-order chi connectivity index (χ0) is 27.1. The number of carboxylic acids is 1. The molecule has 1 N–H and O–H groups in total. The summed E-state index contributed by atoms with van der Waals surface area (Å²) >= 11 is 0. The molecule has 0 aliphatic rings. The van der Waals surface area contributed by atoms with Gasteiger partial charge in [-0.1, -0.05) is 31.8 Å². The number of aromatic nitrogens is 3. The number of methoxy groups -OCH3 is 1. The molecule has 198 valence electrons. The van der Waals surface area contributed by atoms with Crippen molar-refractivity contribution in [3.8, 4) is 34.1 Å². The first kappa shape index (κ1) is 27.1. The molecule has 0 saturated carbocycles. The molecule has 2 heterocycles. The Kier molecular flexibility index (Phi) is 8.60. The first-order chi connectivity index (χ1) is 18.2. The minimum atomic E-state index is -1.22. The Morgan fingerprint density at radius 3 is 2.24 bits per heavy atom. The number of carboxylic acid groups (broad SMARTS) is 1. The SMILES string of the molecule is COc1ccc(COc2ccc(-c3ccc(-c4nc(C(=O)O)cn4COCC[Si](C)(C)C)cn3)cc2)cc1. The van der Waals surface area contributed by atoms with Gasteiger partial charge in [-0.05, 0) is 60.1 Å². The Morgan fingerprint density at radius 2 is 1.63 bits per heavy atom. The summed E-state index contributed by atoms with van der Waals surface area (Å²) in [5.41, 5.74) is 3.48. The Morgan fingerprint density at radius 1 is 0.947 bits per heavy atom. The molecule has 0 atom stereocenters. The molecule has 0 bridgehead atoms. The number of hydrogen-bond donors (Lipinski definition) is 1. The predicted molar refractivity (Wildman–Crippen MR) is 149 cm³/mol. The Hall–Kier alpha value is -3.95. The van der Waals surface area contributed by atoms with E-state index in [1.165, 1.54) is 6.20 Å². The minimum absolute atomic E-state index is 0.0249. The molecule has 8 nitrogen and oxygen atoms in total. The van der Waals surface area contributed by atoms with Crippen LogP contribution in [0.2, 0.25) is 25.7 Å². The third kappa shape index (κ3) is 7.30. The van der Waals surface area contributed by atoms with Crippen LogP contribution in [-0.2, 0) is 18.1 Å². The van der Waals surface area contributed by atoms with E-state index in [-0.39, 0.29) is 12.4 Å². The Labute approximate surface area is 223 Å². The van der Waals surface area contributed by atoms with Crippen molar-refractivity contribution in [2.45, 2.75) is 39.0 Å². The van der Waals surface area contributed by atoms with Gasteiger partial charge in [-0.25, -0.2) is 9.78 Å². The molecule has 2 aromatic carbocycles. The first-order valence-corrected chi connectivity index (χ1v) is 16.1. The summed E-state index contributed by atoms with van der Waals surface area (Å²) in [6.07, 6.45) is 3.21. The molecule has 0 amide bonds. The summed E-state index contributed by atoms with van der Waals surface area (Å²) < 4.78 is 18.6. The van der Waals surface area contributed by atoms with Gasteiger partial charge in [-0.15, -0.1) is 0 Å². The van der Waals surface area contributed by atoms with E-state index >= 15 is 0 Å². The second kappa shape index (κ2) is 12.1. The Balaban J connectivity index is 1.42. The van der Waals surface area contributed by atoms with E-state index in [0.29, 0.717) is 19.0 Å². The molecular weight excluding hydrogens is 498 g/mol. The fourth-order valence-corrected chi connectivity index (χ4v) is 4.45. The fraction of sp³-hybridized carbons (Fsp3) is 0.276. The van der Waals surface area contributed by atoms with Gasteiger partial charge in [0.1, 0.15) is 30.7 Å². The summed E-state index contributed by atoms with van der Waals surface area (Å²) in [5, 5.41) is 9.45. The number of pyridine rings is 1. The monoisotopic (exact) mass is 531 g/mol. The maximum atomic E-state index is 11.5. The van der Waals surface area contributed by atoms with E-state index in [4.69, 9.17) is 14.2 Å². The smallest absolute Gasteiger partial charge is 0.356 e.